The number of aliphatic hydroxyl groups excluding tert-OH is 1. The van der Waals surface area contributed by atoms with Gasteiger partial charge < -0.3 is 15.9 Å². The number of aliphatic hydroxyl groups is 1. The zero-order valence-corrected chi connectivity index (χ0v) is 13.2. The topological polar surface area (TPSA) is 97.8 Å². The van der Waals surface area contributed by atoms with Gasteiger partial charge in [0.15, 0.2) is 0 Å². The molecule has 0 bridgehead atoms. The molecule has 0 radical (unpaired) electrons. The van der Waals surface area contributed by atoms with Crippen molar-refractivity contribution in [3.63, 3.8) is 0 Å². The van der Waals surface area contributed by atoms with Gasteiger partial charge in [0, 0.05) is 23.9 Å². The highest BCUT2D eigenvalue weighted by Crippen LogP contribution is 2.24. The van der Waals surface area contributed by atoms with Gasteiger partial charge in [0.05, 0.1) is 12.3 Å². The van der Waals surface area contributed by atoms with Crippen LogP contribution in [0.15, 0.2) is 6.20 Å². The Labute approximate surface area is 131 Å². The molecule has 0 aliphatic carbocycles. The quantitative estimate of drug-likeness (QED) is 0.519. The van der Waals surface area contributed by atoms with E-state index in [4.69, 9.17) is 15.5 Å². The van der Waals surface area contributed by atoms with Crippen molar-refractivity contribution in [3.05, 3.63) is 23.0 Å². The summed E-state index contributed by atoms with van der Waals surface area (Å²) in [6.07, 6.45) is 2.14. The molecule has 0 aliphatic heterocycles. The number of hydrogen-bond donors (Lipinski definition) is 3. The van der Waals surface area contributed by atoms with Crippen molar-refractivity contribution in [2.75, 3.05) is 6.54 Å². The molecule has 4 N–H and O–H groups in total. The summed E-state index contributed by atoms with van der Waals surface area (Å²) in [6, 6.07) is 0. The van der Waals surface area contributed by atoms with Crippen LogP contribution in [0.25, 0.3) is 0 Å². The number of hydrogen-bond acceptors (Lipinski definition) is 6. The van der Waals surface area contributed by atoms with Crippen molar-refractivity contribution in [2.45, 2.75) is 39.6 Å². The highest BCUT2D eigenvalue weighted by atomic mass is 35.5. The Morgan fingerprint density at radius 2 is 2.05 bits per heavy atom. The van der Waals surface area contributed by atoms with Gasteiger partial charge in [-0.3, -0.25) is 4.98 Å². The number of aromatic nitrogens is 1. The molecule has 0 fully saturated rings. The zero-order chi connectivity index (χ0) is 13.5. The molecular formula is C12H22Cl2N2O4. The lowest BCUT2D eigenvalue weighted by Crippen LogP contribution is -2.23. The second kappa shape index (κ2) is 11.1. The van der Waals surface area contributed by atoms with E-state index in [2.05, 4.69) is 4.98 Å². The predicted octanol–water partition coefficient (Wildman–Crippen LogP) is 1.62. The van der Waals surface area contributed by atoms with Crippen molar-refractivity contribution in [1.29, 1.82) is 0 Å². The lowest BCUT2D eigenvalue weighted by atomic mass is 10.1. The summed E-state index contributed by atoms with van der Waals surface area (Å²) in [5.74, 6) is -0.00975. The van der Waals surface area contributed by atoms with Gasteiger partial charge in [-0.25, -0.2) is 9.78 Å². The second-order valence-electron chi connectivity index (χ2n) is 3.98. The molecule has 0 saturated carbocycles. The highest BCUT2D eigenvalue weighted by Gasteiger charge is 2.12. The minimum absolute atomic E-state index is 0. The first-order valence-corrected chi connectivity index (χ1v) is 5.89. The molecule has 0 amide bonds. The number of nitrogens with two attached hydrogens (primary N) is 1. The minimum atomic E-state index is -0.276. The minimum Gasteiger partial charge on any atom is -0.506 e. The molecule has 6 nitrogen and oxygen atoms in total. The maximum atomic E-state index is 9.74. The number of pyridine rings is 1. The van der Waals surface area contributed by atoms with E-state index in [9.17, 15) is 10.2 Å². The molecule has 1 aromatic rings. The van der Waals surface area contributed by atoms with Gasteiger partial charge in [0.25, 0.3) is 0 Å². The van der Waals surface area contributed by atoms with Crippen molar-refractivity contribution >= 4 is 24.8 Å². The van der Waals surface area contributed by atoms with Crippen molar-refractivity contribution < 1.29 is 20.0 Å². The summed E-state index contributed by atoms with van der Waals surface area (Å²) in [4.78, 5) is 14.2. The Morgan fingerprint density at radius 3 is 2.55 bits per heavy atom. The van der Waals surface area contributed by atoms with Crippen molar-refractivity contribution in [3.8, 4) is 5.75 Å². The van der Waals surface area contributed by atoms with Crippen molar-refractivity contribution in [2.24, 2.45) is 5.73 Å². The fourth-order valence-corrected chi connectivity index (χ4v) is 1.45. The van der Waals surface area contributed by atoms with Gasteiger partial charge in [-0.2, -0.15) is 0 Å². The van der Waals surface area contributed by atoms with Crippen LogP contribution < -0.4 is 5.73 Å². The number of halogens is 2. The van der Waals surface area contributed by atoms with Gasteiger partial charge in [-0.05, 0) is 13.3 Å². The fourth-order valence-electron chi connectivity index (χ4n) is 1.45. The van der Waals surface area contributed by atoms with Crippen LogP contribution >= 0.6 is 24.8 Å². The molecule has 8 heteroatoms. The second-order valence-corrected chi connectivity index (χ2v) is 3.98. The third-order valence-electron chi connectivity index (χ3n) is 2.73. The smallest absolute Gasteiger partial charge is 0.142 e. The Kier molecular flexibility index (Phi) is 12.0. The van der Waals surface area contributed by atoms with Crippen LogP contribution in [-0.2, 0) is 23.0 Å². The highest BCUT2D eigenvalue weighted by molar-refractivity contribution is 5.85. The molecule has 1 unspecified atom stereocenters. The van der Waals surface area contributed by atoms with Gasteiger partial charge in [0.2, 0.25) is 0 Å². The molecule has 0 aromatic carbocycles. The van der Waals surface area contributed by atoms with Gasteiger partial charge in [-0.15, -0.1) is 24.8 Å². The first kappa shape index (κ1) is 21.7. The first-order valence-electron chi connectivity index (χ1n) is 5.89. The Morgan fingerprint density at radius 1 is 1.40 bits per heavy atom. The first-order chi connectivity index (χ1) is 8.63. The van der Waals surface area contributed by atoms with Crippen LogP contribution in [0, 0.1) is 6.92 Å². The molecule has 118 valence electrons. The Hall–Kier alpha value is -0.630. The number of nitrogens with zero attached hydrogens (tertiary/aromatic N) is 1. The lowest BCUT2D eigenvalue weighted by Gasteiger charge is -2.14. The molecule has 20 heavy (non-hydrogen) atoms. The van der Waals surface area contributed by atoms with Gasteiger partial charge in [-0.1, -0.05) is 6.92 Å². The summed E-state index contributed by atoms with van der Waals surface area (Å²) in [6.45, 7) is 3.81. The molecule has 0 saturated heterocycles. The molecule has 0 spiro atoms. The summed E-state index contributed by atoms with van der Waals surface area (Å²) in [5.41, 5.74) is 6.93. The van der Waals surface area contributed by atoms with Crippen LogP contribution in [-0.4, -0.2) is 27.8 Å². The fraction of sp³-hybridized carbons (Fsp3) is 0.583. The van der Waals surface area contributed by atoms with E-state index in [1.54, 1.807) is 13.1 Å². The van der Waals surface area contributed by atoms with E-state index < -0.39 is 0 Å². The van der Waals surface area contributed by atoms with Crippen LogP contribution in [0.5, 0.6) is 5.75 Å². The zero-order valence-electron chi connectivity index (χ0n) is 11.5. The molecule has 1 heterocycles. The molecular weight excluding hydrogens is 307 g/mol. The Balaban J connectivity index is 0. The van der Waals surface area contributed by atoms with Crippen LogP contribution in [0.1, 0.15) is 30.2 Å². The molecule has 1 rings (SSSR count). The normalized spacial score (nSPS) is 11.4. The maximum Gasteiger partial charge on any atom is 0.142 e. The molecule has 1 aromatic heterocycles. The van der Waals surface area contributed by atoms with E-state index in [-0.39, 0.29) is 49.9 Å². The predicted molar refractivity (Wildman–Crippen MR) is 80.1 cm³/mol. The van der Waals surface area contributed by atoms with Gasteiger partial charge >= 0.3 is 0 Å². The monoisotopic (exact) mass is 328 g/mol. The summed E-state index contributed by atoms with van der Waals surface area (Å²) in [7, 11) is 0. The summed E-state index contributed by atoms with van der Waals surface area (Å²) < 4.78 is 0. The van der Waals surface area contributed by atoms with E-state index >= 15 is 0 Å². The van der Waals surface area contributed by atoms with Gasteiger partial charge in [0.1, 0.15) is 18.5 Å². The van der Waals surface area contributed by atoms with E-state index in [1.807, 2.05) is 6.92 Å². The van der Waals surface area contributed by atoms with Crippen LogP contribution in [0.4, 0.5) is 0 Å². The average Bonchev–Trinajstić information content (AvgIpc) is 2.39. The number of aryl methyl sites for hydroxylation is 1. The van der Waals surface area contributed by atoms with E-state index in [0.717, 1.165) is 6.42 Å². The van der Waals surface area contributed by atoms with Crippen molar-refractivity contribution in [1.82, 2.24) is 4.98 Å². The maximum absolute atomic E-state index is 9.74. The Bertz CT molecular complexity index is 390. The summed E-state index contributed by atoms with van der Waals surface area (Å²) >= 11 is 0. The average molecular weight is 329 g/mol. The third kappa shape index (κ3) is 5.78. The number of aromatic hydroxyl groups is 1. The van der Waals surface area contributed by atoms with Crippen LogP contribution in [0.3, 0.4) is 0 Å². The lowest BCUT2D eigenvalue weighted by molar-refractivity contribution is -0.331. The van der Waals surface area contributed by atoms with E-state index in [0.29, 0.717) is 23.4 Å². The van der Waals surface area contributed by atoms with Crippen LogP contribution in [0.2, 0.25) is 0 Å². The van der Waals surface area contributed by atoms with E-state index in [1.165, 1.54) is 0 Å². The standard InChI is InChI=1S/C12H20N2O4.2ClH/c1-3-10(4-13)18-17-7-9-5-14-8(2)12(16)11(9)6-15;;/h5,10,15-16H,3-4,6-7,13H2,1-2H3;2*1H. The molecule has 0 aliphatic rings. The third-order valence-corrected chi connectivity index (χ3v) is 2.73. The largest absolute Gasteiger partial charge is 0.506 e. The number of rotatable bonds is 7. The summed E-state index contributed by atoms with van der Waals surface area (Å²) in [5, 5.41) is 19.0. The molecule has 1 atom stereocenters. The SMILES string of the molecule is CCC(CN)OOCc1cnc(C)c(O)c1CO.Cl.Cl.